The Morgan fingerprint density at radius 2 is 1.70 bits per heavy atom. The fourth-order valence-corrected chi connectivity index (χ4v) is 12.0. The van der Waals surface area contributed by atoms with Crippen LogP contribution >= 0.6 is 11.6 Å². The van der Waals surface area contributed by atoms with Gasteiger partial charge in [-0.1, -0.05) is 81.4 Å². The Labute approximate surface area is 259 Å². The van der Waals surface area contributed by atoms with E-state index < -0.39 is 14.5 Å². The molecular weight excluding hydrogens is 585 g/mol. The largest absolute Gasteiger partial charge is 0.461 e. The number of hydrogen-bond acceptors (Lipinski definition) is 8. The van der Waals surface area contributed by atoms with Gasteiger partial charge < -0.3 is 18.8 Å². The van der Waals surface area contributed by atoms with Crippen molar-refractivity contribution < 1.29 is 18.3 Å². The van der Waals surface area contributed by atoms with Crippen LogP contribution in [0.5, 0.6) is 6.01 Å². The summed E-state index contributed by atoms with van der Waals surface area (Å²) in [5.74, 6) is 0.423. The number of anilines is 1. The van der Waals surface area contributed by atoms with E-state index in [-0.39, 0.29) is 28.0 Å². The van der Waals surface area contributed by atoms with Crippen LogP contribution in [0.1, 0.15) is 40.0 Å². The lowest BCUT2D eigenvalue weighted by Crippen LogP contribution is -2.68. The minimum Gasteiger partial charge on any atom is -0.461 e. The Bertz CT molecular complexity index is 1340. The van der Waals surface area contributed by atoms with Crippen molar-refractivity contribution in [1.29, 1.82) is 0 Å². The number of hydrogen-bond donors (Lipinski definition) is 0. The van der Waals surface area contributed by atoms with E-state index >= 15 is 0 Å². The summed E-state index contributed by atoms with van der Waals surface area (Å²) in [7, 11) is -2.80. The van der Waals surface area contributed by atoms with Gasteiger partial charge in [-0.2, -0.15) is 15.0 Å². The molecule has 43 heavy (non-hydrogen) atoms. The molecule has 4 heterocycles. The fraction of sp³-hybridized carbons (Fsp3) is 0.531. The van der Waals surface area contributed by atoms with E-state index in [1.54, 1.807) is 0 Å². The van der Waals surface area contributed by atoms with Crippen molar-refractivity contribution in [3.8, 4) is 6.01 Å². The fourth-order valence-electron chi connectivity index (χ4n) is 7.15. The molecule has 3 aliphatic heterocycles. The van der Waals surface area contributed by atoms with Gasteiger partial charge in [-0.05, 0) is 46.4 Å². The second kappa shape index (κ2) is 12.4. The maximum absolute atomic E-state index is 14.3. The molecule has 6 rings (SSSR count). The maximum atomic E-state index is 14.3. The number of ether oxygens (including phenoxy) is 2. The molecule has 3 aromatic rings. The van der Waals surface area contributed by atoms with Crippen molar-refractivity contribution in [3.63, 3.8) is 0 Å². The standard InChI is InChI=1S/C32H41ClFN5O3Si/c1-31(2,3)43(26-11-6-4-7-12-26,27-13-8-5-9-14-27)42-25-21-38(17-18-40-22-25)29-35-28(33)36-30(37-29)41-23-32-15-10-16-39(32)20-24(34)19-32/h4-9,11-14,24-25H,10,15-23H2,1-3H3/t24-,25-,32+/m1/s1. The van der Waals surface area contributed by atoms with Gasteiger partial charge in [0.05, 0.1) is 24.9 Å². The van der Waals surface area contributed by atoms with Gasteiger partial charge in [-0.15, -0.1) is 0 Å². The topological polar surface area (TPSA) is 72.8 Å². The van der Waals surface area contributed by atoms with E-state index in [0.717, 1.165) is 19.4 Å². The van der Waals surface area contributed by atoms with E-state index in [2.05, 4.69) is 89.2 Å². The maximum Gasteiger partial charge on any atom is 0.322 e. The second-order valence-electron chi connectivity index (χ2n) is 13.0. The van der Waals surface area contributed by atoms with E-state index in [1.807, 2.05) is 17.0 Å². The van der Waals surface area contributed by atoms with Gasteiger partial charge in [0, 0.05) is 26.1 Å². The highest BCUT2D eigenvalue weighted by Gasteiger charge is 2.52. The van der Waals surface area contributed by atoms with Crippen LogP contribution in [0.25, 0.3) is 0 Å². The summed E-state index contributed by atoms with van der Waals surface area (Å²) in [6.07, 6.45) is 1.35. The first-order chi connectivity index (χ1) is 20.7. The van der Waals surface area contributed by atoms with Crippen molar-refractivity contribution in [3.05, 3.63) is 65.9 Å². The molecule has 0 N–H and O–H groups in total. The van der Waals surface area contributed by atoms with Crippen molar-refractivity contribution in [2.24, 2.45) is 0 Å². The molecule has 0 spiro atoms. The van der Waals surface area contributed by atoms with Crippen LogP contribution in [0.4, 0.5) is 10.3 Å². The van der Waals surface area contributed by atoms with Gasteiger partial charge in [-0.25, -0.2) is 4.39 Å². The summed E-state index contributed by atoms with van der Waals surface area (Å²) in [5, 5.41) is 2.32. The van der Waals surface area contributed by atoms with E-state index in [1.165, 1.54) is 10.4 Å². The first-order valence-corrected chi connectivity index (χ1v) is 17.5. The predicted molar refractivity (Wildman–Crippen MR) is 169 cm³/mol. The number of nitrogens with zero attached hydrogens (tertiary/aromatic N) is 5. The lowest BCUT2D eigenvalue weighted by atomic mass is 9.95. The third-order valence-corrected chi connectivity index (χ3v) is 14.3. The van der Waals surface area contributed by atoms with E-state index in [9.17, 15) is 4.39 Å². The highest BCUT2D eigenvalue weighted by molar-refractivity contribution is 6.99. The van der Waals surface area contributed by atoms with Crippen LogP contribution < -0.4 is 20.0 Å². The summed E-state index contributed by atoms with van der Waals surface area (Å²) in [6.45, 7) is 10.5. The molecule has 230 valence electrons. The first-order valence-electron chi connectivity index (χ1n) is 15.2. The van der Waals surface area contributed by atoms with Crippen molar-refractivity contribution in [2.45, 2.75) is 62.9 Å². The number of alkyl halides is 1. The molecule has 1 aromatic heterocycles. The third kappa shape index (κ3) is 6.17. The zero-order chi connectivity index (χ0) is 30.1. The molecule has 3 saturated heterocycles. The Hall–Kier alpha value is -2.63. The summed E-state index contributed by atoms with van der Waals surface area (Å²) in [4.78, 5) is 17.7. The van der Waals surface area contributed by atoms with Gasteiger partial charge in [0.15, 0.2) is 0 Å². The summed E-state index contributed by atoms with van der Waals surface area (Å²) >= 11 is 6.41. The molecular formula is C32H41ClFN5O3Si. The summed E-state index contributed by atoms with van der Waals surface area (Å²) < 4.78 is 33.9. The van der Waals surface area contributed by atoms with Crippen LogP contribution in [0, 0.1) is 0 Å². The Morgan fingerprint density at radius 3 is 2.37 bits per heavy atom. The molecule has 0 bridgehead atoms. The Morgan fingerprint density at radius 1 is 1.00 bits per heavy atom. The summed E-state index contributed by atoms with van der Waals surface area (Å²) in [5.41, 5.74) is -0.302. The molecule has 3 atom stereocenters. The number of benzene rings is 2. The number of rotatable bonds is 8. The molecule has 0 radical (unpaired) electrons. The predicted octanol–water partition coefficient (Wildman–Crippen LogP) is 4.26. The van der Waals surface area contributed by atoms with Crippen molar-refractivity contribution in [2.75, 3.05) is 50.9 Å². The Kier molecular flexibility index (Phi) is 8.76. The zero-order valence-electron chi connectivity index (χ0n) is 25.2. The second-order valence-corrected chi connectivity index (χ2v) is 17.6. The molecule has 11 heteroatoms. The smallest absolute Gasteiger partial charge is 0.322 e. The van der Waals surface area contributed by atoms with Gasteiger partial charge in [0.2, 0.25) is 11.2 Å². The average molecular weight is 626 g/mol. The number of fused-ring (bicyclic) bond motifs is 1. The third-order valence-electron chi connectivity index (χ3n) is 9.08. The van der Waals surface area contributed by atoms with Crippen LogP contribution in [0.3, 0.4) is 0 Å². The minimum atomic E-state index is -2.80. The molecule has 3 aliphatic rings. The molecule has 2 aromatic carbocycles. The van der Waals surface area contributed by atoms with E-state index in [4.69, 9.17) is 25.5 Å². The molecule has 0 aliphatic carbocycles. The average Bonchev–Trinajstić information content (AvgIpc) is 3.40. The molecule has 0 amide bonds. The van der Waals surface area contributed by atoms with Crippen LogP contribution in [-0.4, -0.2) is 92.0 Å². The monoisotopic (exact) mass is 625 g/mol. The highest BCUT2D eigenvalue weighted by atomic mass is 35.5. The number of halogens is 2. The lowest BCUT2D eigenvalue weighted by Gasteiger charge is -2.45. The normalized spacial score (nSPS) is 25.0. The SMILES string of the molecule is CC(C)(C)[Si](O[C@H]1COCCN(c2nc(Cl)nc(OC[C@@]34CCCN3C[C@H](F)C4)n2)C1)(c1ccccc1)c1ccccc1. The first kappa shape index (κ1) is 30.4. The van der Waals surface area contributed by atoms with Gasteiger partial charge in [0.25, 0.3) is 8.32 Å². The Balaban J connectivity index is 1.26. The van der Waals surface area contributed by atoms with Crippen molar-refractivity contribution in [1.82, 2.24) is 19.9 Å². The van der Waals surface area contributed by atoms with Crippen LogP contribution in [-0.2, 0) is 9.16 Å². The molecule has 0 saturated carbocycles. The minimum absolute atomic E-state index is 0.0604. The number of aromatic nitrogens is 3. The summed E-state index contributed by atoms with van der Waals surface area (Å²) in [6, 6.07) is 21.4. The van der Waals surface area contributed by atoms with Crippen LogP contribution in [0.15, 0.2) is 60.7 Å². The molecule has 8 nitrogen and oxygen atoms in total. The quantitative estimate of drug-likeness (QED) is 0.344. The zero-order valence-corrected chi connectivity index (χ0v) is 27.0. The van der Waals surface area contributed by atoms with Gasteiger partial charge in [0.1, 0.15) is 12.8 Å². The van der Waals surface area contributed by atoms with E-state index in [0.29, 0.717) is 51.8 Å². The van der Waals surface area contributed by atoms with Crippen LogP contribution in [0.2, 0.25) is 10.3 Å². The molecule has 0 unspecified atom stereocenters. The highest BCUT2D eigenvalue weighted by Crippen LogP contribution is 2.41. The van der Waals surface area contributed by atoms with Gasteiger partial charge >= 0.3 is 6.01 Å². The van der Waals surface area contributed by atoms with Gasteiger partial charge in [-0.3, -0.25) is 4.90 Å². The lowest BCUT2D eigenvalue weighted by molar-refractivity contribution is 0.0678. The molecule has 3 fully saturated rings. The van der Waals surface area contributed by atoms with Crippen molar-refractivity contribution >= 4 is 36.2 Å².